The maximum Gasteiger partial charge on any atom is 0.472 e. The lowest BCUT2D eigenvalue weighted by Gasteiger charge is -2.32. The van der Waals surface area contributed by atoms with Crippen molar-refractivity contribution in [1.82, 2.24) is 23.7 Å². The Morgan fingerprint density at radius 2 is 1.95 bits per heavy atom. The molecule has 0 unspecified atom stereocenters. The minimum atomic E-state index is -4.69. The zero-order valence-corrected chi connectivity index (χ0v) is 25.3. The number of imidazole rings is 1. The van der Waals surface area contributed by atoms with E-state index < -0.39 is 24.6 Å². The predicted molar refractivity (Wildman–Crippen MR) is 159 cm³/mol. The Morgan fingerprint density at radius 3 is 2.75 bits per heavy atom. The minimum Gasteiger partial charge on any atom is -0.467 e. The summed E-state index contributed by atoms with van der Waals surface area (Å²) in [6, 6.07) is 14.3. The molecule has 1 fully saturated rings. The fraction of sp³-hybridized carbons (Fsp3) is 0.222. The molecule has 1 atom stereocenters. The van der Waals surface area contributed by atoms with Crippen molar-refractivity contribution >= 4 is 41.2 Å². The van der Waals surface area contributed by atoms with Gasteiger partial charge >= 0.3 is 13.7 Å². The summed E-state index contributed by atoms with van der Waals surface area (Å²) < 4.78 is 55.9. The van der Waals surface area contributed by atoms with E-state index in [0.29, 0.717) is 58.2 Å². The van der Waals surface area contributed by atoms with Crippen LogP contribution in [0.3, 0.4) is 0 Å². The number of phosphoric ester groups is 1. The van der Waals surface area contributed by atoms with Gasteiger partial charge in [-0.3, -0.25) is 4.40 Å². The average Bonchev–Trinajstić information content (AvgIpc) is 3.59. The van der Waals surface area contributed by atoms with Crippen LogP contribution in [-0.4, -0.2) is 67.8 Å². The normalized spacial score (nSPS) is 16.3. The molecule has 0 spiro atoms. The predicted octanol–water partition coefficient (Wildman–Crippen LogP) is 4.42. The average molecular weight is 661 g/mol. The highest BCUT2D eigenvalue weighted by atomic mass is 35.5. The van der Waals surface area contributed by atoms with E-state index in [0.717, 1.165) is 6.42 Å². The number of nitrogens with one attached hydrogen (secondary N) is 1. The maximum atomic E-state index is 13.3. The molecule has 17 heteroatoms. The molecule has 0 amide bonds. The fourth-order valence-electron chi connectivity index (χ4n) is 4.90. The lowest BCUT2D eigenvalue weighted by Crippen LogP contribution is -2.45. The van der Waals surface area contributed by atoms with E-state index in [1.807, 2.05) is 0 Å². The molecule has 5 aromatic rings. The summed E-state index contributed by atoms with van der Waals surface area (Å²) in [5.74, 6) is 0.927. The lowest BCUT2D eigenvalue weighted by molar-refractivity contribution is 0.0829. The third kappa shape index (κ3) is 6.64. The van der Waals surface area contributed by atoms with Crippen molar-refractivity contribution in [3.63, 3.8) is 0 Å². The second-order valence-corrected chi connectivity index (χ2v) is 13.5. The van der Waals surface area contributed by atoms with Crippen LogP contribution in [0.25, 0.3) is 28.5 Å². The van der Waals surface area contributed by atoms with Gasteiger partial charge in [0.1, 0.15) is 23.4 Å². The number of oxazole rings is 1. The highest BCUT2D eigenvalue weighted by Gasteiger charge is 2.31. The number of sulfonamides is 1. The minimum absolute atomic E-state index is 0.182. The van der Waals surface area contributed by atoms with Gasteiger partial charge in [-0.2, -0.15) is 9.29 Å². The van der Waals surface area contributed by atoms with Gasteiger partial charge < -0.3 is 24.3 Å². The molecule has 0 saturated carbocycles. The van der Waals surface area contributed by atoms with E-state index in [-0.39, 0.29) is 17.5 Å². The monoisotopic (exact) mass is 660 g/mol. The number of halogens is 1. The van der Waals surface area contributed by atoms with Crippen LogP contribution >= 0.6 is 19.4 Å². The Labute approximate surface area is 256 Å². The first-order chi connectivity index (χ1) is 21.1. The van der Waals surface area contributed by atoms with E-state index in [2.05, 4.69) is 19.8 Å². The standard InChI is InChI=1S/C27H26ClN6O8PS/c28-19-6-8-22(9-7-19)44(38,39)33-12-2-4-20(16-33)30-26-29-11-10-23(31-26)25-24(32-27-34(25)13-14-40-27)18-3-1-5-21(15-18)41-17-42-43(35,36)37/h1,3,5-11,13-15,20H,2,4,12,16-17H2,(H,29,30,31)(H2,35,36,37)/t20-/m1/s1. The van der Waals surface area contributed by atoms with Crippen molar-refractivity contribution in [2.24, 2.45) is 0 Å². The summed E-state index contributed by atoms with van der Waals surface area (Å²) in [6.45, 7) is -0.0104. The SMILES string of the molecule is O=P(O)(O)OCOc1cccc(-c2nc3occn3c2-c2ccnc(N[C@@H]3CCCN(S(=O)(=O)c4ccc(Cl)cc4)C3)n2)c1. The Bertz CT molecular complexity index is 1950. The van der Waals surface area contributed by atoms with Gasteiger partial charge in [-0.1, -0.05) is 23.7 Å². The van der Waals surface area contributed by atoms with Gasteiger partial charge in [0, 0.05) is 42.1 Å². The van der Waals surface area contributed by atoms with Crippen LogP contribution < -0.4 is 10.1 Å². The van der Waals surface area contributed by atoms with Crippen LogP contribution in [0.2, 0.25) is 5.02 Å². The van der Waals surface area contributed by atoms with E-state index >= 15 is 0 Å². The molecule has 1 aliphatic rings. The van der Waals surface area contributed by atoms with Crippen LogP contribution in [0.1, 0.15) is 12.8 Å². The molecule has 230 valence electrons. The topological polar surface area (TPSA) is 182 Å². The zero-order chi connectivity index (χ0) is 30.9. The molecule has 3 aromatic heterocycles. The highest BCUT2D eigenvalue weighted by Crippen LogP contribution is 2.37. The Balaban J connectivity index is 1.25. The first kappa shape index (κ1) is 30.2. The smallest absolute Gasteiger partial charge is 0.467 e. The number of piperidine rings is 1. The fourth-order valence-corrected chi connectivity index (χ4v) is 6.74. The van der Waals surface area contributed by atoms with Crippen LogP contribution in [-0.2, 0) is 19.1 Å². The Hall–Kier alpha value is -3.82. The van der Waals surface area contributed by atoms with Crippen LogP contribution in [0.15, 0.2) is 82.6 Å². The van der Waals surface area contributed by atoms with Gasteiger partial charge in [0.2, 0.25) is 16.0 Å². The number of fused-ring (bicyclic) bond motifs is 1. The van der Waals surface area contributed by atoms with Crippen molar-refractivity contribution in [3.05, 3.63) is 78.3 Å². The number of anilines is 1. The van der Waals surface area contributed by atoms with E-state index in [9.17, 15) is 13.0 Å². The first-order valence-electron chi connectivity index (χ1n) is 13.3. The molecule has 3 N–H and O–H groups in total. The van der Waals surface area contributed by atoms with Crippen LogP contribution in [0.4, 0.5) is 5.95 Å². The van der Waals surface area contributed by atoms with Gasteiger partial charge in [-0.15, -0.1) is 0 Å². The molecular formula is C27H26ClN6O8PS. The summed E-state index contributed by atoms with van der Waals surface area (Å²) in [5.41, 5.74) is 2.24. The van der Waals surface area contributed by atoms with Crippen molar-refractivity contribution in [3.8, 4) is 28.4 Å². The molecule has 1 aliphatic heterocycles. The number of nitrogens with zero attached hydrogens (tertiary/aromatic N) is 5. The Kier molecular flexibility index (Phi) is 8.44. The second kappa shape index (κ2) is 12.3. The van der Waals surface area contributed by atoms with Gasteiger partial charge in [0.05, 0.1) is 10.6 Å². The summed E-state index contributed by atoms with van der Waals surface area (Å²) in [5, 5.41) is 3.75. The van der Waals surface area contributed by atoms with Crippen molar-refractivity contribution in [1.29, 1.82) is 0 Å². The van der Waals surface area contributed by atoms with E-state index in [4.69, 9.17) is 35.5 Å². The molecule has 2 aromatic carbocycles. The van der Waals surface area contributed by atoms with Crippen molar-refractivity contribution < 1.29 is 36.4 Å². The highest BCUT2D eigenvalue weighted by molar-refractivity contribution is 7.89. The maximum absolute atomic E-state index is 13.3. The third-order valence-corrected chi connectivity index (χ3v) is 9.46. The molecule has 4 heterocycles. The number of rotatable bonds is 10. The van der Waals surface area contributed by atoms with E-state index in [1.165, 1.54) is 22.7 Å². The number of hydrogen-bond donors (Lipinski definition) is 3. The lowest BCUT2D eigenvalue weighted by atomic mass is 10.1. The van der Waals surface area contributed by atoms with Gasteiger partial charge in [0.15, 0.2) is 6.79 Å². The van der Waals surface area contributed by atoms with Gasteiger partial charge in [-0.05, 0) is 55.3 Å². The molecule has 44 heavy (non-hydrogen) atoms. The summed E-state index contributed by atoms with van der Waals surface area (Å²) in [7, 11) is -8.39. The van der Waals surface area contributed by atoms with Gasteiger partial charge in [0.25, 0.3) is 0 Å². The second-order valence-electron chi connectivity index (χ2n) is 9.84. The quantitative estimate of drug-likeness (QED) is 0.142. The molecule has 0 aliphatic carbocycles. The zero-order valence-electron chi connectivity index (χ0n) is 22.9. The number of hydrogen-bond acceptors (Lipinski definition) is 10. The van der Waals surface area contributed by atoms with Gasteiger partial charge in [-0.25, -0.2) is 27.5 Å². The summed E-state index contributed by atoms with van der Waals surface area (Å²) in [6.07, 6.45) is 6.17. The summed E-state index contributed by atoms with van der Waals surface area (Å²) >= 11 is 5.94. The van der Waals surface area contributed by atoms with Crippen LogP contribution in [0, 0.1) is 0 Å². The van der Waals surface area contributed by atoms with Crippen molar-refractivity contribution in [2.45, 2.75) is 23.8 Å². The number of ether oxygens (including phenoxy) is 1. The largest absolute Gasteiger partial charge is 0.472 e. The van der Waals surface area contributed by atoms with Crippen LogP contribution in [0.5, 0.6) is 5.75 Å². The molecular weight excluding hydrogens is 635 g/mol. The molecule has 0 bridgehead atoms. The molecule has 0 radical (unpaired) electrons. The molecule has 14 nitrogen and oxygen atoms in total. The molecule has 6 rings (SSSR count). The number of aromatic nitrogens is 4. The summed E-state index contributed by atoms with van der Waals surface area (Å²) in [4.78, 5) is 31.7. The number of phosphoric acid groups is 1. The molecule has 1 saturated heterocycles. The third-order valence-electron chi connectivity index (χ3n) is 6.88. The first-order valence-corrected chi connectivity index (χ1v) is 16.7. The van der Waals surface area contributed by atoms with Crippen molar-refractivity contribution in [2.75, 3.05) is 25.2 Å². The Morgan fingerprint density at radius 1 is 1.14 bits per heavy atom. The van der Waals surface area contributed by atoms with E-state index in [1.54, 1.807) is 59.3 Å². The number of benzene rings is 2.